The molecule has 0 atom stereocenters. The molecule has 5 heteroatoms. The summed E-state index contributed by atoms with van der Waals surface area (Å²) in [6.07, 6.45) is 6.22. The summed E-state index contributed by atoms with van der Waals surface area (Å²) in [5.41, 5.74) is 4.32. The second-order valence-electron chi connectivity index (χ2n) is 7.84. The van der Waals surface area contributed by atoms with Gasteiger partial charge in [0, 0.05) is 24.6 Å². The fraction of sp³-hybridized carbons (Fsp3) is 0.348. The van der Waals surface area contributed by atoms with Crippen LogP contribution in [-0.2, 0) is 24.1 Å². The Morgan fingerprint density at radius 3 is 2.79 bits per heavy atom. The molecule has 0 bridgehead atoms. The molecule has 142 valence electrons. The van der Waals surface area contributed by atoms with Crippen LogP contribution in [0.25, 0.3) is 10.9 Å². The minimum atomic E-state index is -0.0392. The Labute approximate surface area is 163 Å². The molecule has 1 saturated carbocycles. The quantitative estimate of drug-likeness (QED) is 0.740. The van der Waals surface area contributed by atoms with Crippen molar-refractivity contribution in [1.82, 2.24) is 9.55 Å². The molecule has 1 N–H and O–H groups in total. The van der Waals surface area contributed by atoms with Gasteiger partial charge >= 0.3 is 0 Å². The van der Waals surface area contributed by atoms with Gasteiger partial charge < -0.3 is 5.32 Å². The normalized spacial score (nSPS) is 15.6. The highest BCUT2D eigenvalue weighted by molar-refractivity contribution is 5.91. The number of hydrogen-bond acceptors (Lipinski definition) is 3. The van der Waals surface area contributed by atoms with Crippen LogP contribution in [-0.4, -0.2) is 15.5 Å². The number of benzene rings is 2. The summed E-state index contributed by atoms with van der Waals surface area (Å²) < 4.78 is 1.81. The van der Waals surface area contributed by atoms with Crippen LogP contribution < -0.4 is 10.9 Å². The van der Waals surface area contributed by atoms with Crippen LogP contribution >= 0.6 is 0 Å². The predicted molar refractivity (Wildman–Crippen MR) is 110 cm³/mol. The first-order valence-electron chi connectivity index (χ1n) is 10.1. The first kappa shape index (κ1) is 17.2. The number of nitrogens with one attached hydrogen (secondary N) is 1. The van der Waals surface area contributed by atoms with Gasteiger partial charge in [0.25, 0.3) is 5.56 Å². The highest BCUT2D eigenvalue weighted by atomic mass is 16.1. The van der Waals surface area contributed by atoms with Crippen molar-refractivity contribution in [2.45, 2.75) is 51.0 Å². The fourth-order valence-corrected chi connectivity index (χ4v) is 4.18. The first-order chi connectivity index (χ1) is 13.7. The van der Waals surface area contributed by atoms with E-state index in [0.29, 0.717) is 23.7 Å². The third-order valence-electron chi connectivity index (χ3n) is 5.75. The van der Waals surface area contributed by atoms with Crippen molar-refractivity contribution in [3.8, 4) is 0 Å². The second-order valence-corrected chi connectivity index (χ2v) is 7.84. The number of anilines is 1. The zero-order chi connectivity index (χ0) is 19.1. The summed E-state index contributed by atoms with van der Waals surface area (Å²) in [6, 6.07) is 13.9. The number of hydrogen-bond donors (Lipinski definition) is 1. The van der Waals surface area contributed by atoms with Crippen LogP contribution in [0.1, 0.15) is 48.7 Å². The van der Waals surface area contributed by atoms with Gasteiger partial charge in [-0.1, -0.05) is 18.2 Å². The van der Waals surface area contributed by atoms with E-state index < -0.39 is 0 Å². The average Bonchev–Trinajstić information content (AvgIpc) is 3.42. The lowest BCUT2D eigenvalue weighted by atomic mass is 10.1. The van der Waals surface area contributed by atoms with E-state index in [1.165, 1.54) is 17.5 Å². The van der Waals surface area contributed by atoms with E-state index in [-0.39, 0.29) is 17.5 Å². The van der Waals surface area contributed by atoms with Gasteiger partial charge in [-0.05, 0) is 67.5 Å². The lowest BCUT2D eigenvalue weighted by Crippen LogP contribution is -2.25. The lowest BCUT2D eigenvalue weighted by Gasteiger charge is -2.13. The lowest BCUT2D eigenvalue weighted by molar-refractivity contribution is -0.116. The molecule has 0 saturated heterocycles. The number of carbonyl (C=O) groups is 1. The van der Waals surface area contributed by atoms with Crippen molar-refractivity contribution < 1.29 is 4.79 Å². The smallest absolute Gasteiger partial charge is 0.261 e. The molecule has 0 aliphatic heterocycles. The maximum absolute atomic E-state index is 12.9. The standard InChI is InChI=1S/C23H23N3O2/c27-22(24-17-9-8-15-4-3-5-16(15)14-17)13-12-21-25-20-7-2-1-6-19(20)23(28)26(21)18-10-11-18/h1-2,6-9,14,18H,3-5,10-13H2,(H,24,27). The van der Waals surface area contributed by atoms with E-state index in [0.717, 1.165) is 37.2 Å². The maximum Gasteiger partial charge on any atom is 0.261 e. The Bertz CT molecular complexity index is 1130. The van der Waals surface area contributed by atoms with Gasteiger partial charge in [-0.15, -0.1) is 0 Å². The van der Waals surface area contributed by atoms with E-state index in [4.69, 9.17) is 4.98 Å². The van der Waals surface area contributed by atoms with Gasteiger partial charge in [0.1, 0.15) is 5.82 Å². The number of amides is 1. The van der Waals surface area contributed by atoms with Gasteiger partial charge in [0.15, 0.2) is 0 Å². The number of fused-ring (bicyclic) bond motifs is 2. The van der Waals surface area contributed by atoms with Crippen LogP contribution in [0.2, 0.25) is 0 Å². The maximum atomic E-state index is 12.9. The summed E-state index contributed by atoms with van der Waals surface area (Å²) in [5, 5.41) is 3.66. The molecule has 0 spiro atoms. The number of nitrogens with zero attached hydrogens (tertiary/aromatic N) is 2. The Morgan fingerprint density at radius 1 is 1.11 bits per heavy atom. The minimum Gasteiger partial charge on any atom is -0.326 e. The number of aryl methyl sites for hydroxylation is 3. The van der Waals surface area contributed by atoms with E-state index in [9.17, 15) is 9.59 Å². The molecular formula is C23H23N3O2. The Morgan fingerprint density at radius 2 is 1.93 bits per heavy atom. The zero-order valence-corrected chi connectivity index (χ0v) is 15.8. The molecule has 1 amide bonds. The third-order valence-corrected chi connectivity index (χ3v) is 5.75. The largest absolute Gasteiger partial charge is 0.326 e. The third kappa shape index (κ3) is 3.21. The molecule has 5 nitrogen and oxygen atoms in total. The van der Waals surface area contributed by atoms with E-state index >= 15 is 0 Å². The van der Waals surface area contributed by atoms with Gasteiger partial charge in [-0.2, -0.15) is 0 Å². The van der Waals surface area contributed by atoms with Gasteiger partial charge in [0.2, 0.25) is 5.91 Å². The fourth-order valence-electron chi connectivity index (χ4n) is 4.18. The average molecular weight is 373 g/mol. The Kier molecular flexibility index (Phi) is 4.23. The van der Waals surface area contributed by atoms with Crippen LogP contribution in [0.5, 0.6) is 0 Å². The van der Waals surface area contributed by atoms with Crippen LogP contribution in [0.15, 0.2) is 47.3 Å². The van der Waals surface area contributed by atoms with Gasteiger partial charge in [0.05, 0.1) is 10.9 Å². The molecule has 1 aromatic heterocycles. The first-order valence-corrected chi connectivity index (χ1v) is 10.1. The molecule has 1 fully saturated rings. The molecule has 0 unspecified atom stereocenters. The zero-order valence-electron chi connectivity index (χ0n) is 15.8. The summed E-state index contributed by atoms with van der Waals surface area (Å²) in [5.74, 6) is 0.679. The van der Waals surface area contributed by atoms with Gasteiger partial charge in [-0.3, -0.25) is 14.2 Å². The molecule has 0 radical (unpaired) electrons. The number of rotatable bonds is 5. The second kappa shape index (κ2) is 6.89. The summed E-state index contributed by atoms with van der Waals surface area (Å²) in [6.45, 7) is 0. The van der Waals surface area contributed by atoms with Crippen molar-refractivity contribution in [3.05, 3.63) is 69.8 Å². The molecule has 1 heterocycles. The minimum absolute atomic E-state index is 0.0159. The van der Waals surface area contributed by atoms with Crippen LogP contribution in [0.4, 0.5) is 5.69 Å². The van der Waals surface area contributed by atoms with Crippen LogP contribution in [0.3, 0.4) is 0 Å². The topological polar surface area (TPSA) is 64.0 Å². The summed E-state index contributed by atoms with van der Waals surface area (Å²) in [7, 11) is 0. The monoisotopic (exact) mass is 373 g/mol. The van der Waals surface area contributed by atoms with E-state index in [1.807, 2.05) is 34.9 Å². The molecule has 2 aromatic carbocycles. The van der Waals surface area contributed by atoms with Crippen molar-refractivity contribution >= 4 is 22.5 Å². The molecule has 3 aromatic rings. The highest BCUT2D eigenvalue weighted by Gasteiger charge is 2.28. The molecule has 2 aliphatic rings. The number of para-hydroxylation sites is 1. The molecular weight excluding hydrogens is 350 g/mol. The van der Waals surface area contributed by atoms with Crippen molar-refractivity contribution in [3.63, 3.8) is 0 Å². The Hall–Kier alpha value is -2.95. The highest BCUT2D eigenvalue weighted by Crippen LogP contribution is 2.35. The van der Waals surface area contributed by atoms with Gasteiger partial charge in [-0.25, -0.2) is 4.98 Å². The van der Waals surface area contributed by atoms with Crippen molar-refractivity contribution in [2.75, 3.05) is 5.32 Å². The summed E-state index contributed by atoms with van der Waals surface area (Å²) in [4.78, 5) is 30.1. The van der Waals surface area contributed by atoms with E-state index in [1.54, 1.807) is 0 Å². The predicted octanol–water partition coefficient (Wildman–Crippen LogP) is 3.79. The van der Waals surface area contributed by atoms with Crippen molar-refractivity contribution in [2.24, 2.45) is 0 Å². The van der Waals surface area contributed by atoms with Crippen LogP contribution in [0, 0.1) is 0 Å². The SMILES string of the molecule is O=C(CCc1nc2ccccc2c(=O)n1C1CC1)Nc1ccc2c(c1)CCC2. The molecule has 28 heavy (non-hydrogen) atoms. The van der Waals surface area contributed by atoms with Crippen molar-refractivity contribution in [1.29, 1.82) is 0 Å². The molecule has 2 aliphatic carbocycles. The van der Waals surface area contributed by atoms with E-state index in [2.05, 4.69) is 17.4 Å². The molecule has 5 rings (SSSR count). The number of carbonyl (C=O) groups excluding carboxylic acids is 1. The summed E-state index contributed by atoms with van der Waals surface area (Å²) >= 11 is 0. The number of aromatic nitrogens is 2. The Balaban J connectivity index is 1.35.